The Morgan fingerprint density at radius 3 is 2.65 bits per heavy atom. The Balaban J connectivity index is 1.52. The van der Waals surface area contributed by atoms with E-state index in [1.54, 1.807) is 9.47 Å². The van der Waals surface area contributed by atoms with E-state index in [2.05, 4.69) is 36.2 Å². The molecular weight excluding hydrogens is 426 g/mol. The van der Waals surface area contributed by atoms with Crippen LogP contribution in [-0.2, 0) is 12.8 Å². The summed E-state index contributed by atoms with van der Waals surface area (Å²) in [4.78, 5) is 33.5. The normalized spacial score (nSPS) is 19.4. The first-order valence-electron chi connectivity index (χ1n) is 12.3. The van der Waals surface area contributed by atoms with Gasteiger partial charge >= 0.3 is 0 Å². The Labute approximate surface area is 199 Å². The maximum Gasteiger partial charge on any atom is 0.270 e. The molecule has 6 nitrogen and oxygen atoms in total. The molecule has 2 heterocycles. The molecule has 0 radical (unpaired) electrons. The first-order valence-corrected chi connectivity index (χ1v) is 12.3. The standard InChI is InChI=1S/C28H31N3O3/c1-2-3-13-24-29-26(32)25(27(33)30-17-16-21(18-30)19-9-5-4-6-10-19)28(34)31(24)23-15-14-20-11-7-8-12-22(20)23/h4-12,21,23,32H,2-3,13-18H2,1H3/t21-,23-/m1/s1. The van der Waals surface area contributed by atoms with Gasteiger partial charge in [-0.25, -0.2) is 0 Å². The first-order chi connectivity index (χ1) is 16.6. The highest BCUT2D eigenvalue weighted by Gasteiger charge is 2.34. The van der Waals surface area contributed by atoms with Crippen molar-refractivity contribution < 1.29 is 9.90 Å². The van der Waals surface area contributed by atoms with Crippen molar-refractivity contribution in [1.29, 1.82) is 0 Å². The lowest BCUT2D eigenvalue weighted by atomic mass is 9.99. The lowest BCUT2D eigenvalue weighted by Gasteiger charge is -2.23. The molecule has 2 aliphatic rings. The predicted octanol–water partition coefficient (Wildman–Crippen LogP) is 4.46. The zero-order chi connectivity index (χ0) is 23.7. The maximum absolute atomic E-state index is 13.8. The summed E-state index contributed by atoms with van der Waals surface area (Å²) in [5.74, 6) is -0.0681. The van der Waals surface area contributed by atoms with E-state index in [4.69, 9.17) is 0 Å². The first kappa shape index (κ1) is 22.4. The smallest absolute Gasteiger partial charge is 0.270 e. The number of hydrogen-bond acceptors (Lipinski definition) is 4. The third-order valence-electron chi connectivity index (χ3n) is 7.30. The molecule has 2 aromatic carbocycles. The molecule has 1 aliphatic carbocycles. The zero-order valence-electron chi connectivity index (χ0n) is 19.6. The number of hydrogen-bond donors (Lipinski definition) is 1. The van der Waals surface area contributed by atoms with Gasteiger partial charge in [-0.05, 0) is 42.4 Å². The number of unbranched alkanes of at least 4 members (excludes halogenated alkanes) is 1. The van der Waals surface area contributed by atoms with Crippen LogP contribution in [0.1, 0.15) is 77.4 Å². The van der Waals surface area contributed by atoms with E-state index >= 15 is 0 Å². The van der Waals surface area contributed by atoms with Gasteiger partial charge in [-0.3, -0.25) is 14.2 Å². The molecule has 1 aliphatic heterocycles. The van der Waals surface area contributed by atoms with Crippen molar-refractivity contribution in [3.63, 3.8) is 0 Å². The van der Waals surface area contributed by atoms with E-state index in [0.717, 1.165) is 37.7 Å². The van der Waals surface area contributed by atoms with Gasteiger partial charge in [-0.1, -0.05) is 67.9 Å². The van der Waals surface area contributed by atoms with Crippen molar-refractivity contribution in [2.24, 2.45) is 0 Å². The minimum atomic E-state index is -0.438. The Morgan fingerprint density at radius 1 is 1.09 bits per heavy atom. The maximum atomic E-state index is 13.8. The molecule has 1 N–H and O–H groups in total. The summed E-state index contributed by atoms with van der Waals surface area (Å²) in [6.07, 6.45) is 4.91. The predicted molar refractivity (Wildman–Crippen MR) is 131 cm³/mol. The number of benzene rings is 2. The molecule has 3 aromatic rings. The molecule has 1 fully saturated rings. The van der Waals surface area contributed by atoms with Gasteiger partial charge < -0.3 is 10.0 Å². The van der Waals surface area contributed by atoms with Crippen molar-refractivity contribution in [3.05, 3.63) is 93.0 Å². The highest BCUT2D eigenvalue weighted by Crippen LogP contribution is 2.35. The number of likely N-dealkylation sites (tertiary alicyclic amines) is 1. The van der Waals surface area contributed by atoms with Crippen LogP contribution in [0.3, 0.4) is 0 Å². The number of aryl methyl sites for hydroxylation is 2. The average molecular weight is 458 g/mol. The van der Waals surface area contributed by atoms with Gasteiger partial charge in [-0.15, -0.1) is 0 Å². The number of carbonyl (C=O) groups excluding carboxylic acids is 1. The van der Waals surface area contributed by atoms with Crippen LogP contribution in [0.2, 0.25) is 0 Å². The molecule has 1 amide bonds. The number of amides is 1. The molecule has 176 valence electrons. The molecule has 0 bridgehead atoms. The summed E-state index contributed by atoms with van der Waals surface area (Å²) in [5, 5.41) is 10.8. The van der Waals surface area contributed by atoms with Gasteiger partial charge in [0.2, 0.25) is 5.88 Å². The fourth-order valence-electron chi connectivity index (χ4n) is 5.49. The number of aromatic hydroxyl groups is 1. The summed E-state index contributed by atoms with van der Waals surface area (Å²) in [6, 6.07) is 18.1. The lowest BCUT2D eigenvalue weighted by Crippen LogP contribution is -2.38. The minimum absolute atomic E-state index is 0.161. The Kier molecular flexibility index (Phi) is 6.22. The third-order valence-corrected chi connectivity index (χ3v) is 7.30. The summed E-state index contributed by atoms with van der Waals surface area (Å²) in [5.41, 5.74) is 2.91. The fraction of sp³-hybridized carbons (Fsp3) is 0.393. The van der Waals surface area contributed by atoms with Crippen LogP contribution in [0, 0.1) is 0 Å². The molecule has 0 saturated carbocycles. The van der Waals surface area contributed by atoms with Crippen molar-refractivity contribution in [3.8, 4) is 5.88 Å². The van der Waals surface area contributed by atoms with Gasteiger partial charge in [0.1, 0.15) is 5.82 Å². The largest absolute Gasteiger partial charge is 0.493 e. The minimum Gasteiger partial charge on any atom is -0.493 e. The van der Waals surface area contributed by atoms with Crippen LogP contribution >= 0.6 is 0 Å². The summed E-state index contributed by atoms with van der Waals surface area (Å²) in [6.45, 7) is 3.17. The molecule has 5 rings (SSSR count). The number of aromatic nitrogens is 2. The van der Waals surface area contributed by atoms with Crippen LogP contribution < -0.4 is 5.56 Å². The van der Waals surface area contributed by atoms with E-state index in [9.17, 15) is 14.7 Å². The number of fused-ring (bicyclic) bond motifs is 1. The number of carbonyl (C=O) groups is 1. The van der Waals surface area contributed by atoms with E-state index < -0.39 is 17.3 Å². The molecule has 6 heteroatoms. The highest BCUT2D eigenvalue weighted by atomic mass is 16.3. The monoisotopic (exact) mass is 457 g/mol. The Hall–Kier alpha value is -3.41. The second-order valence-corrected chi connectivity index (χ2v) is 9.41. The van der Waals surface area contributed by atoms with E-state index in [-0.39, 0.29) is 17.5 Å². The molecule has 0 spiro atoms. The van der Waals surface area contributed by atoms with Gasteiger partial charge in [0.25, 0.3) is 11.5 Å². The number of nitrogens with zero attached hydrogens (tertiary/aromatic N) is 3. The molecule has 1 saturated heterocycles. The summed E-state index contributed by atoms with van der Waals surface area (Å²) < 4.78 is 1.69. The lowest BCUT2D eigenvalue weighted by molar-refractivity contribution is 0.0783. The van der Waals surface area contributed by atoms with E-state index in [1.807, 2.05) is 30.3 Å². The van der Waals surface area contributed by atoms with Gasteiger partial charge in [0, 0.05) is 25.4 Å². The van der Waals surface area contributed by atoms with Gasteiger partial charge in [0.15, 0.2) is 5.56 Å². The second-order valence-electron chi connectivity index (χ2n) is 9.41. The molecule has 1 aromatic heterocycles. The summed E-state index contributed by atoms with van der Waals surface area (Å²) in [7, 11) is 0. The Bertz CT molecular complexity index is 1250. The molecule has 2 atom stereocenters. The Morgan fingerprint density at radius 2 is 1.85 bits per heavy atom. The second kappa shape index (κ2) is 9.45. The highest BCUT2D eigenvalue weighted by molar-refractivity contribution is 5.96. The van der Waals surface area contributed by atoms with Crippen molar-refractivity contribution in [2.75, 3.05) is 13.1 Å². The van der Waals surface area contributed by atoms with Crippen LogP contribution in [0.4, 0.5) is 0 Å². The van der Waals surface area contributed by atoms with Crippen LogP contribution in [0.15, 0.2) is 59.4 Å². The number of rotatable bonds is 6. The quantitative estimate of drug-likeness (QED) is 0.593. The molecular formula is C28H31N3O3. The topological polar surface area (TPSA) is 75.4 Å². The van der Waals surface area contributed by atoms with E-state index in [0.29, 0.717) is 25.3 Å². The molecule has 34 heavy (non-hydrogen) atoms. The van der Waals surface area contributed by atoms with Crippen LogP contribution in [0.5, 0.6) is 5.88 Å². The van der Waals surface area contributed by atoms with Crippen molar-refractivity contribution >= 4 is 5.91 Å². The van der Waals surface area contributed by atoms with Crippen LogP contribution in [-0.4, -0.2) is 38.6 Å². The van der Waals surface area contributed by atoms with Crippen molar-refractivity contribution in [2.45, 2.75) is 57.4 Å². The van der Waals surface area contributed by atoms with E-state index in [1.165, 1.54) is 11.1 Å². The van der Waals surface area contributed by atoms with Gasteiger partial charge in [-0.2, -0.15) is 4.98 Å². The SMILES string of the molecule is CCCCc1nc(O)c(C(=O)N2CC[C@@H](c3ccccc3)C2)c(=O)n1[C@@H]1CCc2ccccc21. The average Bonchev–Trinajstić information content (AvgIpc) is 3.51. The van der Waals surface area contributed by atoms with Crippen LogP contribution in [0.25, 0.3) is 0 Å². The summed E-state index contributed by atoms with van der Waals surface area (Å²) >= 11 is 0. The zero-order valence-corrected chi connectivity index (χ0v) is 19.6. The third kappa shape index (κ3) is 4.02. The molecule has 0 unspecified atom stereocenters. The van der Waals surface area contributed by atoms with Crippen molar-refractivity contribution in [1.82, 2.24) is 14.5 Å². The fourth-order valence-corrected chi connectivity index (χ4v) is 5.49. The van der Waals surface area contributed by atoms with Gasteiger partial charge in [0.05, 0.1) is 6.04 Å².